The van der Waals surface area contributed by atoms with Gasteiger partial charge in [-0.15, -0.1) is 0 Å². The lowest BCUT2D eigenvalue weighted by Gasteiger charge is -2.43. The molecule has 0 saturated heterocycles. The van der Waals surface area contributed by atoms with Gasteiger partial charge in [-0.1, -0.05) is 6.92 Å². The minimum absolute atomic E-state index is 0.130. The summed E-state index contributed by atoms with van der Waals surface area (Å²) in [4.78, 5) is 49.2. The number of fused-ring (bicyclic) bond motifs is 1. The molecule has 0 bridgehead atoms. The number of hydrogen-bond acceptors (Lipinski definition) is 12. The van der Waals surface area contributed by atoms with Crippen molar-refractivity contribution in [3.8, 4) is 0 Å². The third kappa shape index (κ3) is 8.92. The van der Waals surface area contributed by atoms with Crippen molar-refractivity contribution in [2.75, 3.05) is 35.0 Å². The summed E-state index contributed by atoms with van der Waals surface area (Å²) in [5.74, 6) is -3.16. The molecule has 0 aromatic heterocycles. The highest BCUT2D eigenvalue weighted by atomic mass is 16.6. The lowest BCUT2D eigenvalue weighted by Crippen LogP contribution is -2.56. The van der Waals surface area contributed by atoms with Crippen molar-refractivity contribution in [1.82, 2.24) is 0 Å². The Labute approximate surface area is 262 Å². The first-order chi connectivity index (χ1) is 20.7. The Hall–Kier alpha value is -2.28. The Kier molecular flexibility index (Phi) is 14.5. The van der Waals surface area contributed by atoms with E-state index in [-0.39, 0.29) is 29.8 Å². The predicted molar refractivity (Wildman–Crippen MR) is 158 cm³/mol. The first-order valence-corrected chi connectivity index (χ1v) is 15.5. The smallest absolute Gasteiger partial charge is 0.303 e. The summed E-state index contributed by atoms with van der Waals surface area (Å²) in [7, 11) is 6.41. The second-order valence-corrected chi connectivity index (χ2v) is 12.4. The molecule has 0 heterocycles. The highest BCUT2D eigenvalue weighted by Crippen LogP contribution is 2.59. The van der Waals surface area contributed by atoms with Crippen LogP contribution in [-0.4, -0.2) is 101 Å². The molecule has 2 fully saturated rings. The topological polar surface area (TPSA) is 142 Å². The highest BCUT2D eigenvalue weighted by Gasteiger charge is 2.66. The molecule has 0 amide bonds. The van der Waals surface area contributed by atoms with E-state index in [9.17, 15) is 19.2 Å². The van der Waals surface area contributed by atoms with Gasteiger partial charge in [0.25, 0.3) is 0 Å². The maximum Gasteiger partial charge on any atom is 0.303 e. The van der Waals surface area contributed by atoms with Crippen LogP contribution < -0.4 is 0 Å². The SMILES string of the molecule is COCC[C@@H]1C([C@H](C[C@H](C)OC(C)=O)OC)[C@@H]2C[C@](OC(C)=O)([C@@H](OC)[C@@H](C)OC(C)=O)C(C)[C@@H]2[C@@H](OC(C)=O)C[C@@H]1OC. The number of methoxy groups -OCH3 is 4. The van der Waals surface area contributed by atoms with Gasteiger partial charge in [-0.2, -0.15) is 0 Å². The largest absolute Gasteiger partial charge is 0.463 e. The Bertz CT molecular complexity index is 971. The summed E-state index contributed by atoms with van der Waals surface area (Å²) in [5.41, 5.74) is -1.24. The quantitative estimate of drug-likeness (QED) is 0.193. The molecule has 0 N–H and O–H groups in total. The van der Waals surface area contributed by atoms with Gasteiger partial charge in [0.15, 0.2) is 0 Å². The predicted octanol–water partition coefficient (Wildman–Crippen LogP) is 3.50. The average Bonchev–Trinajstić information content (AvgIpc) is 3.11. The zero-order valence-corrected chi connectivity index (χ0v) is 28.3. The van der Waals surface area contributed by atoms with E-state index >= 15 is 0 Å². The number of carbonyl (C=O) groups excluding carboxylic acids is 4. The van der Waals surface area contributed by atoms with E-state index in [1.54, 1.807) is 28.3 Å². The van der Waals surface area contributed by atoms with Crippen LogP contribution in [0.15, 0.2) is 0 Å². The number of rotatable bonds is 15. The standard InChI is InChI=1S/C32H54O12/c1-17(41-20(4)33)14-27(39-10)30-24(12-13-37-8)26(38-9)15-28(43-22(6)35)29-18(2)32(16-25(29)30,44-23(7)36)31(40-11)19(3)42-21(5)34/h17-19,24-31H,12-16H2,1-11H3/t17-,18?,19+,24-,25+,26-,27-,28-,29-,30?,31-,32+/m0/s1. The van der Waals surface area contributed by atoms with E-state index in [1.165, 1.54) is 34.8 Å². The normalized spacial score (nSPS) is 32.8. The van der Waals surface area contributed by atoms with E-state index < -0.39 is 65.9 Å². The van der Waals surface area contributed by atoms with E-state index in [0.29, 0.717) is 32.3 Å². The minimum atomic E-state index is -1.24. The zero-order valence-electron chi connectivity index (χ0n) is 28.3. The second kappa shape index (κ2) is 16.9. The molecule has 0 radical (unpaired) electrons. The molecule has 12 heteroatoms. The van der Waals surface area contributed by atoms with Crippen molar-refractivity contribution in [2.45, 2.75) is 116 Å². The van der Waals surface area contributed by atoms with Gasteiger partial charge >= 0.3 is 23.9 Å². The van der Waals surface area contributed by atoms with Crippen molar-refractivity contribution in [1.29, 1.82) is 0 Å². The molecule has 2 rings (SSSR count). The molecule has 44 heavy (non-hydrogen) atoms. The van der Waals surface area contributed by atoms with E-state index in [2.05, 4.69) is 0 Å². The van der Waals surface area contributed by atoms with Gasteiger partial charge in [-0.25, -0.2) is 0 Å². The highest BCUT2D eigenvalue weighted by molar-refractivity contribution is 5.68. The number of carbonyl (C=O) groups is 4. The van der Waals surface area contributed by atoms with Crippen LogP contribution in [0.3, 0.4) is 0 Å². The lowest BCUT2D eigenvalue weighted by atomic mass is 9.70. The van der Waals surface area contributed by atoms with Crippen LogP contribution >= 0.6 is 0 Å². The third-order valence-electron chi connectivity index (χ3n) is 9.54. The number of esters is 4. The van der Waals surface area contributed by atoms with Crippen molar-refractivity contribution in [2.24, 2.45) is 29.6 Å². The van der Waals surface area contributed by atoms with Gasteiger partial charge in [0.2, 0.25) is 0 Å². The molecule has 254 valence electrons. The fraction of sp³-hybridized carbons (Fsp3) is 0.875. The van der Waals surface area contributed by atoms with Gasteiger partial charge in [-0.05, 0) is 44.4 Å². The monoisotopic (exact) mass is 630 g/mol. The lowest BCUT2D eigenvalue weighted by molar-refractivity contribution is -0.205. The molecular weight excluding hydrogens is 576 g/mol. The fourth-order valence-corrected chi connectivity index (χ4v) is 8.31. The molecule has 0 spiro atoms. The molecule has 2 aliphatic rings. The van der Waals surface area contributed by atoms with Gasteiger partial charge in [0.1, 0.15) is 30.0 Å². The Morgan fingerprint density at radius 1 is 0.841 bits per heavy atom. The van der Waals surface area contributed by atoms with Crippen LogP contribution in [0.1, 0.15) is 74.1 Å². The summed E-state index contributed by atoms with van der Waals surface area (Å²) in [6, 6.07) is 0. The molecule has 2 unspecified atom stereocenters. The first-order valence-electron chi connectivity index (χ1n) is 15.5. The fourth-order valence-electron chi connectivity index (χ4n) is 8.31. The minimum Gasteiger partial charge on any atom is -0.463 e. The molecular formula is C32H54O12. The summed E-state index contributed by atoms with van der Waals surface area (Å²) in [6.07, 6.45) is -1.63. The third-order valence-corrected chi connectivity index (χ3v) is 9.54. The zero-order chi connectivity index (χ0) is 33.4. The number of hydrogen-bond donors (Lipinski definition) is 0. The van der Waals surface area contributed by atoms with Gasteiger partial charge in [-0.3, -0.25) is 19.2 Å². The molecule has 12 atom stereocenters. The number of ether oxygens (including phenoxy) is 8. The molecule has 0 aromatic rings. The average molecular weight is 631 g/mol. The van der Waals surface area contributed by atoms with Crippen LogP contribution in [-0.2, 0) is 57.1 Å². The van der Waals surface area contributed by atoms with Gasteiger partial charge in [0, 0.05) is 87.4 Å². The summed E-state index contributed by atoms with van der Waals surface area (Å²) < 4.78 is 47.2. The Balaban J connectivity index is 2.85. The van der Waals surface area contributed by atoms with Crippen molar-refractivity contribution < 1.29 is 57.1 Å². The Morgan fingerprint density at radius 2 is 1.48 bits per heavy atom. The van der Waals surface area contributed by atoms with Crippen LogP contribution in [0.4, 0.5) is 0 Å². The summed E-state index contributed by atoms with van der Waals surface area (Å²) in [5, 5.41) is 0. The van der Waals surface area contributed by atoms with Crippen LogP contribution in [0.25, 0.3) is 0 Å². The van der Waals surface area contributed by atoms with E-state index in [1.807, 2.05) is 13.8 Å². The van der Waals surface area contributed by atoms with Crippen LogP contribution in [0, 0.1) is 29.6 Å². The summed E-state index contributed by atoms with van der Waals surface area (Å²) in [6.45, 7) is 11.3. The van der Waals surface area contributed by atoms with Crippen molar-refractivity contribution >= 4 is 23.9 Å². The van der Waals surface area contributed by atoms with Crippen LogP contribution in [0.5, 0.6) is 0 Å². The van der Waals surface area contributed by atoms with E-state index in [4.69, 9.17) is 37.9 Å². The molecule has 12 nitrogen and oxygen atoms in total. The molecule has 2 aliphatic carbocycles. The van der Waals surface area contributed by atoms with Crippen molar-refractivity contribution in [3.63, 3.8) is 0 Å². The second-order valence-electron chi connectivity index (χ2n) is 12.4. The molecule has 2 saturated carbocycles. The Morgan fingerprint density at radius 3 is 1.95 bits per heavy atom. The first kappa shape index (κ1) is 37.9. The molecule has 0 aromatic carbocycles. The van der Waals surface area contributed by atoms with Gasteiger partial charge in [0.05, 0.1) is 12.2 Å². The van der Waals surface area contributed by atoms with E-state index in [0.717, 1.165) is 0 Å². The molecule has 0 aliphatic heterocycles. The van der Waals surface area contributed by atoms with Crippen molar-refractivity contribution in [3.05, 3.63) is 0 Å². The maximum atomic E-state index is 12.8. The van der Waals surface area contributed by atoms with Gasteiger partial charge < -0.3 is 37.9 Å². The van der Waals surface area contributed by atoms with Crippen LogP contribution in [0.2, 0.25) is 0 Å². The maximum absolute atomic E-state index is 12.8. The summed E-state index contributed by atoms with van der Waals surface area (Å²) >= 11 is 0.